The van der Waals surface area contributed by atoms with Gasteiger partial charge in [0.15, 0.2) is 0 Å². The van der Waals surface area contributed by atoms with Gasteiger partial charge in [-0.1, -0.05) is 57.5 Å². The van der Waals surface area contributed by atoms with Crippen LogP contribution in [0.4, 0.5) is 0 Å². The van der Waals surface area contributed by atoms with Crippen LogP contribution in [-0.2, 0) is 14.3 Å². The van der Waals surface area contributed by atoms with E-state index in [9.17, 15) is 19.8 Å². The summed E-state index contributed by atoms with van der Waals surface area (Å²) in [5.41, 5.74) is 1.42. The first-order valence-electron chi connectivity index (χ1n) is 9.69. The molecule has 1 fully saturated rings. The van der Waals surface area contributed by atoms with Gasteiger partial charge in [0.2, 0.25) is 0 Å². The molecule has 1 aromatic rings. The minimum atomic E-state index is -1.55. The second-order valence-electron chi connectivity index (χ2n) is 7.90. The van der Waals surface area contributed by atoms with E-state index >= 15 is 0 Å². The third-order valence-corrected chi connectivity index (χ3v) is 4.39. The summed E-state index contributed by atoms with van der Waals surface area (Å²) >= 11 is 0. The average Bonchev–Trinajstić information content (AvgIpc) is 2.65. The SMILES string of the molecule is CC(C)(C)C(OCCN1CCCCC1)c1ccccc1.O=C([O-])/C=C/C(=O)[O-]. The van der Waals surface area contributed by atoms with E-state index in [4.69, 9.17) is 4.74 Å². The van der Waals surface area contributed by atoms with Crippen molar-refractivity contribution in [2.75, 3.05) is 26.2 Å². The van der Waals surface area contributed by atoms with Crippen molar-refractivity contribution in [2.24, 2.45) is 5.41 Å². The monoisotopic (exact) mass is 389 g/mol. The van der Waals surface area contributed by atoms with Crippen LogP contribution in [-0.4, -0.2) is 43.1 Å². The Balaban J connectivity index is 0.000000416. The zero-order chi connectivity index (χ0) is 21.0. The lowest BCUT2D eigenvalue weighted by Crippen LogP contribution is -2.34. The predicted octanol–water partition coefficient (Wildman–Crippen LogP) is 1.32. The lowest BCUT2D eigenvalue weighted by atomic mass is 9.84. The van der Waals surface area contributed by atoms with Crippen molar-refractivity contribution >= 4 is 11.9 Å². The molecule has 156 valence electrons. The van der Waals surface area contributed by atoms with Crippen molar-refractivity contribution in [3.8, 4) is 0 Å². The number of likely N-dealkylation sites (tertiary alicyclic amines) is 1. The van der Waals surface area contributed by atoms with E-state index < -0.39 is 11.9 Å². The van der Waals surface area contributed by atoms with Gasteiger partial charge in [0.05, 0.1) is 24.6 Å². The topological polar surface area (TPSA) is 92.7 Å². The molecule has 28 heavy (non-hydrogen) atoms. The fourth-order valence-corrected chi connectivity index (χ4v) is 3.09. The number of rotatable bonds is 7. The molecule has 0 N–H and O–H groups in total. The summed E-state index contributed by atoms with van der Waals surface area (Å²) in [6.07, 6.45) is 5.04. The zero-order valence-corrected chi connectivity index (χ0v) is 17.1. The number of carboxylic acids is 2. The predicted molar refractivity (Wildman–Crippen MR) is 104 cm³/mol. The Hall–Kier alpha value is -2.18. The number of carbonyl (C=O) groups excluding carboxylic acids is 2. The molecule has 2 rings (SSSR count). The van der Waals surface area contributed by atoms with E-state index in [2.05, 4.69) is 56.0 Å². The molecule has 1 atom stereocenters. The number of carbonyl (C=O) groups is 2. The molecule has 0 saturated carbocycles. The Morgan fingerprint density at radius 2 is 1.57 bits per heavy atom. The highest BCUT2D eigenvalue weighted by molar-refractivity contribution is 5.87. The fraction of sp³-hybridized carbons (Fsp3) is 0.545. The van der Waals surface area contributed by atoms with E-state index in [1.807, 2.05) is 0 Å². The molecule has 1 aliphatic rings. The van der Waals surface area contributed by atoms with E-state index in [0.717, 1.165) is 13.2 Å². The Labute approximate surface area is 167 Å². The summed E-state index contributed by atoms with van der Waals surface area (Å²) < 4.78 is 6.25. The number of piperidine rings is 1. The Morgan fingerprint density at radius 3 is 2.04 bits per heavy atom. The van der Waals surface area contributed by atoms with Crippen LogP contribution in [0.1, 0.15) is 51.7 Å². The van der Waals surface area contributed by atoms with Crippen LogP contribution < -0.4 is 10.2 Å². The highest BCUT2D eigenvalue weighted by Gasteiger charge is 2.27. The van der Waals surface area contributed by atoms with Gasteiger partial charge in [-0.25, -0.2) is 0 Å². The summed E-state index contributed by atoms with van der Waals surface area (Å²) in [5, 5.41) is 18.8. The molecule has 0 spiro atoms. The van der Waals surface area contributed by atoms with Gasteiger partial charge in [0, 0.05) is 6.54 Å². The number of ether oxygens (including phenoxy) is 1. The van der Waals surface area contributed by atoms with Gasteiger partial charge in [-0.05, 0) is 49.1 Å². The third-order valence-electron chi connectivity index (χ3n) is 4.39. The zero-order valence-electron chi connectivity index (χ0n) is 17.1. The minimum Gasteiger partial charge on any atom is -0.545 e. The van der Waals surface area contributed by atoms with Gasteiger partial charge < -0.3 is 29.4 Å². The van der Waals surface area contributed by atoms with Crippen LogP contribution >= 0.6 is 0 Å². The van der Waals surface area contributed by atoms with E-state index in [0.29, 0.717) is 12.2 Å². The van der Waals surface area contributed by atoms with Gasteiger partial charge in [-0.2, -0.15) is 0 Å². The maximum atomic E-state index is 9.41. The molecule has 6 heteroatoms. The third kappa shape index (κ3) is 10.2. The second kappa shape index (κ2) is 12.3. The minimum absolute atomic E-state index is 0.128. The molecule has 0 amide bonds. The summed E-state index contributed by atoms with van der Waals surface area (Å²) in [5.74, 6) is -3.09. The summed E-state index contributed by atoms with van der Waals surface area (Å²) in [6, 6.07) is 10.6. The molecule has 1 aliphatic heterocycles. The molecule has 1 aromatic carbocycles. The first kappa shape index (κ1) is 23.9. The number of nitrogens with zero attached hydrogens (tertiary/aromatic N) is 1. The Bertz CT molecular complexity index is 600. The van der Waals surface area contributed by atoms with E-state index in [1.165, 1.54) is 37.9 Å². The van der Waals surface area contributed by atoms with E-state index in [-0.39, 0.29) is 11.5 Å². The van der Waals surface area contributed by atoms with Crippen LogP contribution in [0.2, 0.25) is 0 Å². The average molecular weight is 389 g/mol. The molecule has 1 heterocycles. The molecular weight excluding hydrogens is 358 g/mol. The lowest BCUT2D eigenvalue weighted by Gasteiger charge is -2.33. The van der Waals surface area contributed by atoms with Gasteiger partial charge in [0.25, 0.3) is 0 Å². The Morgan fingerprint density at radius 1 is 1.04 bits per heavy atom. The second-order valence-corrected chi connectivity index (χ2v) is 7.90. The maximum absolute atomic E-state index is 9.41. The van der Waals surface area contributed by atoms with Gasteiger partial charge in [-0.3, -0.25) is 0 Å². The maximum Gasteiger partial charge on any atom is 0.0873 e. The standard InChI is InChI=1S/C18H29NO.C4H4O4/c1-18(2,3)17(16-10-6-4-7-11-16)20-15-14-19-12-8-5-9-13-19;5-3(6)1-2-4(7)8/h4,6-7,10-11,17H,5,8-9,12-15H2,1-3H3;1-2H,(H,5,6)(H,7,8)/p-2/b;2-1+. The van der Waals surface area contributed by atoms with Crippen molar-refractivity contribution in [3.63, 3.8) is 0 Å². The van der Waals surface area contributed by atoms with Crippen molar-refractivity contribution < 1.29 is 24.5 Å². The van der Waals surface area contributed by atoms with Gasteiger partial charge in [-0.15, -0.1) is 0 Å². The molecule has 0 bridgehead atoms. The molecule has 0 radical (unpaired) electrons. The van der Waals surface area contributed by atoms with Crippen molar-refractivity contribution in [3.05, 3.63) is 48.0 Å². The van der Waals surface area contributed by atoms with Crippen LogP contribution in [0.5, 0.6) is 0 Å². The normalized spacial score (nSPS) is 16.2. The molecule has 1 unspecified atom stereocenters. The first-order chi connectivity index (χ1) is 13.2. The molecule has 0 aromatic heterocycles. The molecule has 1 saturated heterocycles. The molecule has 0 aliphatic carbocycles. The summed E-state index contributed by atoms with van der Waals surface area (Å²) in [7, 11) is 0. The van der Waals surface area contributed by atoms with Crippen molar-refractivity contribution in [1.29, 1.82) is 0 Å². The smallest absolute Gasteiger partial charge is 0.0873 e. The van der Waals surface area contributed by atoms with Gasteiger partial charge >= 0.3 is 0 Å². The van der Waals surface area contributed by atoms with Crippen molar-refractivity contribution in [1.82, 2.24) is 4.90 Å². The largest absolute Gasteiger partial charge is 0.545 e. The quantitative estimate of drug-likeness (QED) is 0.653. The number of carboxylic acid groups (broad SMARTS) is 2. The summed E-state index contributed by atoms with van der Waals surface area (Å²) in [6.45, 7) is 11.2. The van der Waals surface area contributed by atoms with Crippen LogP contribution in [0.15, 0.2) is 42.5 Å². The first-order valence-corrected chi connectivity index (χ1v) is 9.69. The Kier molecular flexibility index (Phi) is 10.5. The van der Waals surface area contributed by atoms with Crippen LogP contribution in [0, 0.1) is 5.41 Å². The number of hydrogen-bond acceptors (Lipinski definition) is 6. The highest BCUT2D eigenvalue weighted by atomic mass is 16.5. The summed E-state index contributed by atoms with van der Waals surface area (Å²) in [4.78, 5) is 21.4. The van der Waals surface area contributed by atoms with Crippen LogP contribution in [0.3, 0.4) is 0 Å². The number of aliphatic carboxylic acids is 2. The molecule has 6 nitrogen and oxygen atoms in total. The fourth-order valence-electron chi connectivity index (χ4n) is 3.09. The van der Waals surface area contributed by atoms with Crippen molar-refractivity contribution in [2.45, 2.75) is 46.1 Å². The highest BCUT2D eigenvalue weighted by Crippen LogP contribution is 2.35. The number of hydrogen-bond donors (Lipinski definition) is 0. The lowest BCUT2D eigenvalue weighted by molar-refractivity contribution is -0.301. The van der Waals surface area contributed by atoms with E-state index in [1.54, 1.807) is 0 Å². The molecular formula is C22H31NO5-2. The number of benzene rings is 1. The van der Waals surface area contributed by atoms with Gasteiger partial charge in [0.1, 0.15) is 0 Å². The van der Waals surface area contributed by atoms with Crippen LogP contribution in [0.25, 0.3) is 0 Å².